The number of nitrogens with one attached hydrogen (secondary N) is 1. The number of allylic oxidation sites excluding steroid dienone is 6. The van der Waals surface area contributed by atoms with Crippen molar-refractivity contribution in [1.29, 1.82) is 0 Å². The highest BCUT2D eigenvalue weighted by Gasteiger charge is 2.26. The standard InChI is InChI=1S/C16H17I4N3O/c17-12-3-10(4-13(18)6-12)8-21-1-2-22-9-11-5-14(19)7-15(20)16(11)23-24/h3,5-8,11,13,16,22H,1-2,4,9H2. The Labute approximate surface area is 197 Å². The van der Waals surface area contributed by atoms with Gasteiger partial charge in [-0.2, -0.15) is 4.91 Å². The molecule has 4 nitrogen and oxygen atoms in total. The molecule has 1 N–H and O–H groups in total. The number of hydrogen-bond acceptors (Lipinski definition) is 4. The molecule has 0 aromatic carbocycles. The molecule has 0 saturated carbocycles. The molecule has 0 bridgehead atoms. The van der Waals surface area contributed by atoms with Crippen molar-refractivity contribution in [2.24, 2.45) is 16.1 Å². The average molecular weight is 775 g/mol. The smallest absolute Gasteiger partial charge is 0.130 e. The fourth-order valence-electron chi connectivity index (χ4n) is 2.49. The van der Waals surface area contributed by atoms with E-state index in [1.165, 1.54) is 12.7 Å². The average Bonchev–Trinajstić information content (AvgIpc) is 2.49. The van der Waals surface area contributed by atoms with E-state index in [0.717, 1.165) is 29.6 Å². The fraction of sp³-hybridized carbons (Fsp3) is 0.438. The van der Waals surface area contributed by atoms with Crippen LogP contribution in [0, 0.1) is 10.8 Å². The molecule has 2 aliphatic carbocycles. The molecule has 2 aliphatic rings. The first-order valence-electron chi connectivity index (χ1n) is 7.49. The highest BCUT2D eigenvalue weighted by atomic mass is 127. The first kappa shape index (κ1) is 21.4. The highest BCUT2D eigenvalue weighted by Crippen LogP contribution is 2.32. The van der Waals surface area contributed by atoms with Gasteiger partial charge in [-0.1, -0.05) is 39.9 Å². The van der Waals surface area contributed by atoms with Gasteiger partial charge in [-0.15, -0.1) is 0 Å². The maximum absolute atomic E-state index is 11.1. The second-order valence-electron chi connectivity index (χ2n) is 5.53. The lowest BCUT2D eigenvalue weighted by molar-refractivity contribution is 0.512. The molecule has 130 valence electrons. The van der Waals surface area contributed by atoms with E-state index in [9.17, 15) is 4.91 Å². The van der Waals surface area contributed by atoms with Gasteiger partial charge in [-0.05, 0) is 91.9 Å². The minimum atomic E-state index is -0.262. The summed E-state index contributed by atoms with van der Waals surface area (Å²) in [5, 5.41) is 6.67. The van der Waals surface area contributed by atoms with E-state index in [1.807, 2.05) is 12.3 Å². The molecule has 24 heavy (non-hydrogen) atoms. The van der Waals surface area contributed by atoms with Crippen molar-refractivity contribution in [2.75, 3.05) is 19.6 Å². The van der Waals surface area contributed by atoms with Crippen LogP contribution in [0.3, 0.4) is 0 Å². The van der Waals surface area contributed by atoms with Crippen LogP contribution >= 0.6 is 90.4 Å². The monoisotopic (exact) mass is 775 g/mol. The number of halogens is 4. The highest BCUT2D eigenvalue weighted by molar-refractivity contribution is 14.1. The Bertz CT molecular complexity index is 625. The summed E-state index contributed by atoms with van der Waals surface area (Å²) in [6, 6.07) is -0.262. The second kappa shape index (κ2) is 11.1. The van der Waals surface area contributed by atoms with Gasteiger partial charge in [0.15, 0.2) is 0 Å². The van der Waals surface area contributed by atoms with Gasteiger partial charge in [0.25, 0.3) is 0 Å². The van der Waals surface area contributed by atoms with Crippen LogP contribution in [0.25, 0.3) is 0 Å². The normalized spacial score (nSPS) is 27.4. The zero-order valence-corrected chi connectivity index (χ0v) is 21.4. The maximum atomic E-state index is 11.1. The van der Waals surface area contributed by atoms with Crippen LogP contribution in [0.2, 0.25) is 0 Å². The summed E-state index contributed by atoms with van der Waals surface area (Å²) in [5.41, 5.74) is 1.29. The van der Waals surface area contributed by atoms with Gasteiger partial charge < -0.3 is 5.32 Å². The van der Waals surface area contributed by atoms with Crippen molar-refractivity contribution in [2.45, 2.75) is 16.4 Å². The minimum absolute atomic E-state index is 0.128. The van der Waals surface area contributed by atoms with Crippen molar-refractivity contribution >= 4 is 96.6 Å². The maximum Gasteiger partial charge on any atom is 0.130 e. The Morgan fingerprint density at radius 2 is 1.96 bits per heavy atom. The first-order valence-corrected chi connectivity index (χ1v) is 12.0. The Balaban J connectivity index is 1.73. The molecule has 0 fully saturated rings. The van der Waals surface area contributed by atoms with Crippen LogP contribution in [0.15, 0.2) is 50.8 Å². The van der Waals surface area contributed by atoms with E-state index >= 15 is 0 Å². The lowest BCUT2D eigenvalue weighted by atomic mass is 9.96. The summed E-state index contributed by atoms with van der Waals surface area (Å²) >= 11 is 9.31. The SMILES string of the molecule is O=NC1C(I)=CC(I)=CC1CNCCN=CC1=CC(I)=CC(I)C1. The topological polar surface area (TPSA) is 53.8 Å². The Morgan fingerprint density at radius 1 is 1.21 bits per heavy atom. The zero-order chi connectivity index (χ0) is 17.5. The molecule has 0 amide bonds. The number of aliphatic imine (C=N–C) groups is 1. The van der Waals surface area contributed by atoms with Crippen molar-refractivity contribution in [1.82, 2.24) is 5.32 Å². The van der Waals surface area contributed by atoms with E-state index in [-0.39, 0.29) is 12.0 Å². The minimum Gasteiger partial charge on any atom is -0.314 e. The molecule has 0 spiro atoms. The third-order valence-corrected chi connectivity index (χ3v) is 6.69. The number of hydrogen-bond donors (Lipinski definition) is 1. The summed E-state index contributed by atoms with van der Waals surface area (Å²) in [6.07, 6.45) is 11.6. The Kier molecular flexibility index (Phi) is 9.87. The molecule has 0 aromatic heterocycles. The number of alkyl halides is 1. The molecular formula is C16H17I4N3O. The molecule has 3 atom stereocenters. The van der Waals surface area contributed by atoms with Gasteiger partial charge in [-0.3, -0.25) is 4.99 Å². The quantitative estimate of drug-likeness (QED) is 0.122. The molecule has 0 heterocycles. The van der Waals surface area contributed by atoms with E-state index in [0.29, 0.717) is 3.92 Å². The summed E-state index contributed by atoms with van der Waals surface area (Å²) in [6.45, 7) is 2.29. The van der Waals surface area contributed by atoms with Crippen LogP contribution in [-0.2, 0) is 0 Å². The van der Waals surface area contributed by atoms with Crippen LogP contribution in [0.5, 0.6) is 0 Å². The van der Waals surface area contributed by atoms with E-state index in [1.54, 1.807) is 0 Å². The van der Waals surface area contributed by atoms with Crippen molar-refractivity contribution < 1.29 is 0 Å². The van der Waals surface area contributed by atoms with Crippen LogP contribution in [-0.4, -0.2) is 35.8 Å². The third-order valence-electron chi connectivity index (χ3n) is 3.60. The molecule has 0 radical (unpaired) electrons. The lowest BCUT2D eigenvalue weighted by Gasteiger charge is -2.22. The lowest BCUT2D eigenvalue weighted by Crippen LogP contribution is -2.32. The van der Waals surface area contributed by atoms with Crippen LogP contribution in [0.4, 0.5) is 0 Å². The summed E-state index contributed by atoms with van der Waals surface area (Å²) in [4.78, 5) is 15.6. The fourth-order valence-corrected chi connectivity index (χ4v) is 7.21. The van der Waals surface area contributed by atoms with Gasteiger partial charge in [0.1, 0.15) is 6.04 Å². The molecule has 0 saturated heterocycles. The van der Waals surface area contributed by atoms with Crippen molar-refractivity contribution in [3.63, 3.8) is 0 Å². The molecular weight excluding hydrogens is 758 g/mol. The summed E-state index contributed by atoms with van der Waals surface area (Å²) in [7, 11) is 0. The first-order chi connectivity index (χ1) is 11.5. The zero-order valence-electron chi connectivity index (χ0n) is 12.8. The van der Waals surface area contributed by atoms with Gasteiger partial charge in [-0.25, -0.2) is 0 Å². The molecule has 0 aliphatic heterocycles. The van der Waals surface area contributed by atoms with E-state index in [4.69, 9.17) is 0 Å². The third kappa shape index (κ3) is 7.02. The predicted octanol–water partition coefficient (Wildman–Crippen LogP) is 5.50. The van der Waals surface area contributed by atoms with Crippen molar-refractivity contribution in [3.8, 4) is 0 Å². The largest absolute Gasteiger partial charge is 0.314 e. The Hall–Kier alpha value is 1.11. The Morgan fingerprint density at radius 3 is 2.67 bits per heavy atom. The van der Waals surface area contributed by atoms with E-state index < -0.39 is 0 Å². The van der Waals surface area contributed by atoms with Gasteiger partial charge in [0.2, 0.25) is 0 Å². The van der Waals surface area contributed by atoms with Gasteiger partial charge >= 0.3 is 0 Å². The summed E-state index contributed by atoms with van der Waals surface area (Å²) in [5.74, 6) is 0.128. The van der Waals surface area contributed by atoms with Crippen molar-refractivity contribution in [3.05, 3.63) is 45.5 Å². The second-order valence-corrected chi connectivity index (χ2v) is 10.9. The molecule has 3 unspecified atom stereocenters. The van der Waals surface area contributed by atoms with Crippen LogP contribution in [0.1, 0.15) is 6.42 Å². The van der Waals surface area contributed by atoms with Crippen LogP contribution < -0.4 is 5.32 Å². The number of nitroso groups, excluding NO2 is 1. The predicted molar refractivity (Wildman–Crippen MR) is 136 cm³/mol. The van der Waals surface area contributed by atoms with Gasteiger partial charge in [0, 0.05) is 39.9 Å². The number of rotatable bonds is 7. The van der Waals surface area contributed by atoms with Gasteiger partial charge in [0.05, 0.1) is 6.54 Å². The molecule has 8 heteroatoms. The van der Waals surface area contributed by atoms with E-state index in [2.05, 4.69) is 124 Å². The molecule has 0 aromatic rings. The molecule has 2 rings (SSSR count). The summed E-state index contributed by atoms with van der Waals surface area (Å²) < 4.78 is 4.02. The number of nitrogens with zero attached hydrogens (tertiary/aromatic N) is 2.